The molecule has 6 heterocycles. The molecule has 0 fully saturated rings. The average Bonchev–Trinajstić information content (AvgIpc) is 3.94. The number of aromatic nitrogens is 3. The molecular weight excluding hydrogens is 643 g/mol. The maximum absolute atomic E-state index is 4.01. The van der Waals surface area contributed by atoms with E-state index in [1.165, 1.54) is 160 Å². The van der Waals surface area contributed by atoms with Crippen molar-refractivity contribution in [2.24, 2.45) is 0 Å². The third-order valence-electron chi connectivity index (χ3n) is 12.4. The van der Waals surface area contributed by atoms with Crippen LogP contribution in [0.4, 0.5) is 0 Å². The SMILES string of the molecule is c1cc2[nH]c3c4csc5c6cccc7[nH]c8c9csc%10c%11cccc%12[nH]c%13c%14csc%15c(c1)c2c3c1c(c45)c(c8c76)c(c9%10)c(c%13c%12%11)c1c%14%15. The van der Waals surface area contributed by atoms with Crippen molar-refractivity contribution in [1.29, 1.82) is 0 Å². The quantitative estimate of drug-likeness (QED) is 0.136. The monoisotopic (exact) mass is 657 g/mol. The van der Waals surface area contributed by atoms with Crippen molar-refractivity contribution in [3.63, 3.8) is 0 Å². The number of rotatable bonds is 0. The molecule has 0 radical (unpaired) electrons. The van der Waals surface area contributed by atoms with Gasteiger partial charge in [0.15, 0.2) is 0 Å². The molecule has 0 saturated heterocycles. The Morgan fingerprint density at radius 3 is 0.938 bits per heavy atom. The fraction of sp³-hybridized carbons (Fsp3) is 0. The molecule has 0 unspecified atom stereocenters. The zero-order valence-electron chi connectivity index (χ0n) is 24.7. The standard InChI is InChI=1S/C42H15N3S3/c1-4-13-22-19(7-1)43-37-17-11-47-41-14-5-2-9-21-24(14)36-33-29(26(17)41)31(34(22)37)28-25-16(10-46-40(13)25)38-35-23-15(6-3-8-20(23)44-38)42-27(30(33)32(28)35)18(12-48-42)39(36)45-21/h1-12,43-45H. The summed E-state index contributed by atoms with van der Waals surface area (Å²) in [6.07, 6.45) is 0. The van der Waals surface area contributed by atoms with Crippen LogP contribution in [0.2, 0.25) is 0 Å². The number of hydrogen-bond acceptors (Lipinski definition) is 3. The highest BCUT2D eigenvalue weighted by atomic mass is 32.1. The van der Waals surface area contributed by atoms with Crippen LogP contribution in [-0.4, -0.2) is 15.0 Å². The highest BCUT2D eigenvalue weighted by Crippen LogP contribution is 2.61. The van der Waals surface area contributed by atoms with Crippen LogP contribution in [0.25, 0.3) is 160 Å². The molecule has 16 aromatic rings. The smallest absolute Gasteiger partial charge is 0.0560 e. The van der Waals surface area contributed by atoms with E-state index < -0.39 is 0 Å². The molecule has 10 aromatic carbocycles. The molecule has 48 heavy (non-hydrogen) atoms. The Hall–Kier alpha value is -5.40. The lowest BCUT2D eigenvalue weighted by Gasteiger charge is -2.17. The van der Waals surface area contributed by atoms with Gasteiger partial charge in [-0.1, -0.05) is 36.4 Å². The molecule has 0 saturated carbocycles. The molecule has 0 aliphatic rings. The number of hydrogen-bond donors (Lipinski definition) is 3. The molecular formula is C42H15N3S3. The van der Waals surface area contributed by atoms with E-state index in [-0.39, 0.29) is 0 Å². The first-order valence-corrected chi connectivity index (χ1v) is 19.1. The summed E-state index contributed by atoms with van der Waals surface area (Å²) in [4.78, 5) is 12.0. The van der Waals surface area contributed by atoms with Gasteiger partial charge in [-0.25, -0.2) is 0 Å². The van der Waals surface area contributed by atoms with E-state index in [9.17, 15) is 0 Å². The Kier molecular flexibility index (Phi) is 3.02. The van der Waals surface area contributed by atoms with Crippen molar-refractivity contribution >= 4 is 194 Å². The van der Waals surface area contributed by atoms with E-state index >= 15 is 0 Å². The van der Waals surface area contributed by atoms with Crippen molar-refractivity contribution in [3.05, 3.63) is 70.7 Å². The number of nitrogens with one attached hydrogen (secondary N) is 3. The van der Waals surface area contributed by atoms with Crippen LogP contribution >= 0.6 is 34.0 Å². The van der Waals surface area contributed by atoms with Gasteiger partial charge in [-0.15, -0.1) is 34.0 Å². The van der Waals surface area contributed by atoms with E-state index in [4.69, 9.17) is 0 Å². The predicted octanol–water partition coefficient (Wildman–Crippen LogP) is 13.8. The van der Waals surface area contributed by atoms with Gasteiger partial charge in [0.1, 0.15) is 0 Å². The van der Waals surface area contributed by atoms with Crippen LogP contribution in [-0.2, 0) is 0 Å². The van der Waals surface area contributed by atoms with Crippen molar-refractivity contribution in [3.8, 4) is 0 Å². The maximum atomic E-state index is 4.01. The Morgan fingerprint density at radius 2 is 0.604 bits per heavy atom. The molecule has 0 amide bonds. The summed E-state index contributed by atoms with van der Waals surface area (Å²) >= 11 is 5.76. The molecule has 216 valence electrons. The summed E-state index contributed by atoms with van der Waals surface area (Å²) in [6.45, 7) is 0. The number of H-pyrrole nitrogens is 3. The Morgan fingerprint density at radius 1 is 0.292 bits per heavy atom. The number of aromatic amines is 3. The summed E-state index contributed by atoms with van der Waals surface area (Å²) in [5.41, 5.74) is 7.56. The molecule has 16 rings (SSSR count). The fourth-order valence-corrected chi connectivity index (χ4v) is 14.2. The minimum atomic E-state index is 1.23. The van der Waals surface area contributed by atoms with E-state index in [1.54, 1.807) is 0 Å². The van der Waals surface area contributed by atoms with Crippen LogP contribution in [0.15, 0.2) is 70.7 Å². The average molecular weight is 658 g/mol. The Labute approximate surface area is 278 Å². The second-order valence-corrected chi connectivity index (χ2v) is 16.8. The van der Waals surface area contributed by atoms with Crippen molar-refractivity contribution in [2.45, 2.75) is 0 Å². The van der Waals surface area contributed by atoms with Gasteiger partial charge >= 0.3 is 0 Å². The molecule has 6 heteroatoms. The molecule has 0 bridgehead atoms. The van der Waals surface area contributed by atoms with Crippen LogP contribution in [0, 0.1) is 0 Å². The van der Waals surface area contributed by atoms with Crippen LogP contribution in [0.1, 0.15) is 0 Å². The minimum absolute atomic E-state index is 1.23. The van der Waals surface area contributed by atoms with Gasteiger partial charge in [0, 0.05) is 160 Å². The molecule has 6 aromatic heterocycles. The number of fused-ring (bicyclic) bond motifs is 6. The lowest BCUT2D eigenvalue weighted by atomic mass is 9.84. The zero-order chi connectivity index (χ0) is 30.0. The first kappa shape index (κ1) is 22.2. The number of benzene rings is 7. The highest BCUT2D eigenvalue weighted by molar-refractivity contribution is 7.21. The first-order valence-electron chi connectivity index (χ1n) is 16.4. The lowest BCUT2D eigenvalue weighted by molar-refractivity contribution is 1.57. The fourth-order valence-electron chi connectivity index (χ4n) is 10.9. The predicted molar refractivity (Wildman–Crippen MR) is 213 cm³/mol. The molecule has 0 atom stereocenters. The van der Waals surface area contributed by atoms with E-state index in [0.29, 0.717) is 0 Å². The first-order chi connectivity index (χ1) is 23.8. The van der Waals surface area contributed by atoms with Gasteiger partial charge in [0.05, 0.1) is 16.6 Å². The minimum Gasteiger partial charge on any atom is -0.354 e. The third-order valence-corrected chi connectivity index (χ3v) is 15.4. The third kappa shape index (κ3) is 1.89. The van der Waals surface area contributed by atoms with Crippen LogP contribution in [0.3, 0.4) is 0 Å². The van der Waals surface area contributed by atoms with Crippen LogP contribution in [0.5, 0.6) is 0 Å². The molecule has 0 spiro atoms. The van der Waals surface area contributed by atoms with Gasteiger partial charge in [-0.05, 0) is 18.2 Å². The molecule has 0 aliphatic carbocycles. The summed E-state index contributed by atoms with van der Waals surface area (Å²) < 4.78 is 4.18. The summed E-state index contributed by atoms with van der Waals surface area (Å²) in [5, 5.41) is 36.7. The van der Waals surface area contributed by atoms with Gasteiger partial charge < -0.3 is 15.0 Å². The lowest BCUT2D eigenvalue weighted by Crippen LogP contribution is -1.89. The summed E-state index contributed by atoms with van der Waals surface area (Å²) in [7, 11) is 0. The summed E-state index contributed by atoms with van der Waals surface area (Å²) in [5.74, 6) is 0. The van der Waals surface area contributed by atoms with Crippen molar-refractivity contribution in [1.82, 2.24) is 15.0 Å². The molecule has 3 N–H and O–H groups in total. The second kappa shape index (κ2) is 6.51. The van der Waals surface area contributed by atoms with E-state index in [1.807, 2.05) is 34.0 Å². The number of thiophene rings is 3. The molecule has 0 aliphatic heterocycles. The topological polar surface area (TPSA) is 47.4 Å². The van der Waals surface area contributed by atoms with Crippen molar-refractivity contribution < 1.29 is 0 Å². The Bertz CT molecular complexity index is 3630. The van der Waals surface area contributed by atoms with Gasteiger partial charge in [-0.2, -0.15) is 0 Å². The van der Waals surface area contributed by atoms with Gasteiger partial charge in [0.25, 0.3) is 0 Å². The van der Waals surface area contributed by atoms with E-state index in [2.05, 4.69) is 85.7 Å². The Balaban J connectivity index is 1.52. The normalized spacial score (nSPS) is 14.2. The summed E-state index contributed by atoms with van der Waals surface area (Å²) in [6, 6.07) is 20.7. The van der Waals surface area contributed by atoms with Crippen molar-refractivity contribution in [2.75, 3.05) is 0 Å². The van der Waals surface area contributed by atoms with Gasteiger partial charge in [-0.3, -0.25) is 0 Å². The van der Waals surface area contributed by atoms with E-state index in [0.717, 1.165) is 0 Å². The highest BCUT2D eigenvalue weighted by Gasteiger charge is 2.33. The second-order valence-electron chi connectivity index (χ2n) is 14.1. The van der Waals surface area contributed by atoms with Gasteiger partial charge in [0.2, 0.25) is 0 Å². The largest absolute Gasteiger partial charge is 0.354 e. The maximum Gasteiger partial charge on any atom is 0.0560 e. The molecule has 3 nitrogen and oxygen atoms in total. The zero-order valence-corrected chi connectivity index (χ0v) is 27.1. The van der Waals surface area contributed by atoms with Crippen LogP contribution < -0.4 is 0 Å².